The van der Waals surface area contributed by atoms with Gasteiger partial charge in [0.25, 0.3) is 5.56 Å². The van der Waals surface area contributed by atoms with E-state index in [-0.39, 0.29) is 18.0 Å². The Bertz CT molecular complexity index is 816. The van der Waals surface area contributed by atoms with Gasteiger partial charge >= 0.3 is 0 Å². The molecule has 3 rings (SSSR count). The van der Waals surface area contributed by atoms with Gasteiger partial charge in [0.15, 0.2) is 0 Å². The molecule has 1 amide bonds. The lowest BCUT2D eigenvalue weighted by molar-refractivity contribution is -0.133. The zero-order chi connectivity index (χ0) is 17.8. The predicted octanol–water partition coefficient (Wildman–Crippen LogP) is 2.18. The van der Waals surface area contributed by atoms with Crippen molar-refractivity contribution in [1.29, 1.82) is 0 Å². The van der Waals surface area contributed by atoms with Gasteiger partial charge in [-0.25, -0.2) is 4.98 Å². The number of rotatable bonds is 4. The fraction of sp³-hybridized carbons (Fsp3) is 0.421. The Balaban J connectivity index is 1.78. The molecule has 1 aromatic carbocycles. The molecule has 1 aromatic heterocycles. The number of hydrogen-bond acceptors (Lipinski definition) is 4. The number of aromatic nitrogens is 2. The maximum absolute atomic E-state index is 12.4. The van der Waals surface area contributed by atoms with Gasteiger partial charge in [-0.05, 0) is 30.9 Å². The van der Waals surface area contributed by atoms with Crippen LogP contribution >= 0.6 is 0 Å². The van der Waals surface area contributed by atoms with Crippen molar-refractivity contribution in [2.45, 2.75) is 26.3 Å². The third-order valence-corrected chi connectivity index (χ3v) is 4.58. The molecular weight excluding hydrogens is 318 g/mol. The Hall–Kier alpha value is -2.63. The van der Waals surface area contributed by atoms with Crippen LogP contribution in [0.1, 0.15) is 19.8 Å². The standard InChI is InChI=1S/C19H23N3O3/c1-14-6-5-9-21(11-14)19(24)12-22-13-20-16(10-18(22)23)15-7-3-4-8-17(15)25-2/h3-4,7-8,10,13-14H,5-6,9,11-12H2,1-2H3. The lowest BCUT2D eigenvalue weighted by atomic mass is 10.0. The van der Waals surface area contributed by atoms with E-state index in [4.69, 9.17) is 4.74 Å². The normalized spacial score (nSPS) is 17.4. The molecule has 6 nitrogen and oxygen atoms in total. The van der Waals surface area contributed by atoms with Crippen LogP contribution in [-0.4, -0.2) is 40.6 Å². The van der Waals surface area contributed by atoms with Gasteiger partial charge in [-0.2, -0.15) is 0 Å². The number of benzene rings is 1. The summed E-state index contributed by atoms with van der Waals surface area (Å²) in [6, 6.07) is 8.85. The second-order valence-corrected chi connectivity index (χ2v) is 6.53. The zero-order valence-corrected chi connectivity index (χ0v) is 14.6. The summed E-state index contributed by atoms with van der Waals surface area (Å²) >= 11 is 0. The van der Waals surface area contributed by atoms with Gasteiger partial charge in [0.2, 0.25) is 5.91 Å². The number of amides is 1. The Morgan fingerprint density at radius 2 is 2.16 bits per heavy atom. The highest BCUT2D eigenvalue weighted by Crippen LogP contribution is 2.26. The molecule has 2 aromatic rings. The fourth-order valence-corrected chi connectivity index (χ4v) is 3.21. The van der Waals surface area contributed by atoms with Crippen molar-refractivity contribution in [1.82, 2.24) is 14.5 Å². The first-order valence-electron chi connectivity index (χ1n) is 8.56. The van der Waals surface area contributed by atoms with Crippen LogP contribution in [0.3, 0.4) is 0 Å². The van der Waals surface area contributed by atoms with Crippen molar-refractivity contribution in [3.05, 3.63) is 47.0 Å². The van der Waals surface area contributed by atoms with E-state index in [1.165, 1.54) is 17.0 Å². The highest BCUT2D eigenvalue weighted by molar-refractivity contribution is 5.76. The molecule has 0 N–H and O–H groups in total. The molecule has 0 aliphatic carbocycles. The maximum Gasteiger partial charge on any atom is 0.254 e. The number of ether oxygens (including phenoxy) is 1. The van der Waals surface area contributed by atoms with E-state index in [0.29, 0.717) is 17.4 Å². The highest BCUT2D eigenvalue weighted by atomic mass is 16.5. The minimum Gasteiger partial charge on any atom is -0.496 e. The first-order valence-corrected chi connectivity index (χ1v) is 8.56. The van der Waals surface area contributed by atoms with Crippen LogP contribution in [0, 0.1) is 5.92 Å². The summed E-state index contributed by atoms with van der Waals surface area (Å²) in [5.41, 5.74) is 1.05. The molecule has 0 bridgehead atoms. The zero-order valence-electron chi connectivity index (χ0n) is 14.6. The molecule has 0 spiro atoms. The van der Waals surface area contributed by atoms with Crippen molar-refractivity contribution in [2.75, 3.05) is 20.2 Å². The van der Waals surface area contributed by atoms with Crippen molar-refractivity contribution >= 4 is 5.91 Å². The van der Waals surface area contributed by atoms with E-state index in [0.717, 1.165) is 31.5 Å². The number of carbonyl (C=O) groups excluding carboxylic acids is 1. The van der Waals surface area contributed by atoms with Gasteiger partial charge in [0.1, 0.15) is 12.3 Å². The van der Waals surface area contributed by atoms with E-state index in [2.05, 4.69) is 11.9 Å². The fourth-order valence-electron chi connectivity index (χ4n) is 3.21. The number of hydrogen-bond donors (Lipinski definition) is 0. The molecule has 1 fully saturated rings. The molecule has 132 valence electrons. The minimum absolute atomic E-state index is 0.0273. The van der Waals surface area contributed by atoms with Gasteiger partial charge in [0.05, 0.1) is 19.1 Å². The first-order chi connectivity index (χ1) is 12.1. The molecule has 2 heterocycles. The summed E-state index contributed by atoms with van der Waals surface area (Å²) in [5, 5.41) is 0. The number of methoxy groups -OCH3 is 1. The largest absolute Gasteiger partial charge is 0.496 e. The first kappa shape index (κ1) is 17.2. The van der Waals surface area contributed by atoms with E-state index in [1.807, 2.05) is 29.2 Å². The quantitative estimate of drug-likeness (QED) is 0.855. The molecule has 0 radical (unpaired) electrons. The summed E-state index contributed by atoms with van der Waals surface area (Å²) in [7, 11) is 1.58. The SMILES string of the molecule is COc1ccccc1-c1cc(=O)n(CC(=O)N2CCCC(C)C2)cn1. The molecule has 1 atom stereocenters. The van der Waals surface area contributed by atoms with Gasteiger partial charge in [-0.1, -0.05) is 19.1 Å². The predicted molar refractivity (Wildman–Crippen MR) is 95.5 cm³/mol. The minimum atomic E-state index is -0.241. The van der Waals surface area contributed by atoms with Crippen molar-refractivity contribution < 1.29 is 9.53 Å². The van der Waals surface area contributed by atoms with Crippen molar-refractivity contribution in [2.24, 2.45) is 5.92 Å². The summed E-state index contributed by atoms with van der Waals surface area (Å²) in [6.07, 6.45) is 3.61. The number of piperidine rings is 1. The van der Waals surface area contributed by atoms with E-state index < -0.39 is 0 Å². The van der Waals surface area contributed by atoms with Gasteiger partial charge < -0.3 is 9.64 Å². The number of nitrogens with zero attached hydrogens (tertiary/aromatic N) is 3. The second-order valence-electron chi connectivity index (χ2n) is 6.53. The van der Waals surface area contributed by atoms with Crippen LogP contribution in [0.25, 0.3) is 11.3 Å². The van der Waals surface area contributed by atoms with Crippen molar-refractivity contribution in [3.63, 3.8) is 0 Å². The third-order valence-electron chi connectivity index (χ3n) is 4.58. The average Bonchev–Trinajstić information content (AvgIpc) is 2.63. The number of para-hydroxylation sites is 1. The molecular formula is C19H23N3O3. The van der Waals surface area contributed by atoms with Crippen LogP contribution in [0.5, 0.6) is 5.75 Å². The van der Waals surface area contributed by atoms with Gasteiger partial charge in [-0.15, -0.1) is 0 Å². The van der Waals surface area contributed by atoms with Gasteiger partial charge in [-0.3, -0.25) is 14.2 Å². The van der Waals surface area contributed by atoms with E-state index in [9.17, 15) is 9.59 Å². The molecule has 1 unspecified atom stereocenters. The maximum atomic E-state index is 12.4. The molecule has 1 saturated heterocycles. The molecule has 0 saturated carbocycles. The van der Waals surface area contributed by atoms with Crippen LogP contribution in [0.2, 0.25) is 0 Å². The Kier molecular flexibility index (Phi) is 5.16. The average molecular weight is 341 g/mol. The van der Waals surface area contributed by atoms with Gasteiger partial charge in [0, 0.05) is 24.7 Å². The van der Waals surface area contributed by atoms with E-state index in [1.54, 1.807) is 7.11 Å². The van der Waals surface area contributed by atoms with E-state index >= 15 is 0 Å². The molecule has 6 heteroatoms. The molecule has 1 aliphatic heterocycles. The highest BCUT2D eigenvalue weighted by Gasteiger charge is 2.21. The summed E-state index contributed by atoms with van der Waals surface area (Å²) < 4.78 is 6.68. The Labute approximate surface area is 147 Å². The summed E-state index contributed by atoms with van der Waals surface area (Å²) in [5.74, 6) is 1.14. The summed E-state index contributed by atoms with van der Waals surface area (Å²) in [6.45, 7) is 3.71. The second kappa shape index (κ2) is 7.51. The lowest BCUT2D eigenvalue weighted by Gasteiger charge is -2.31. The number of likely N-dealkylation sites (tertiary alicyclic amines) is 1. The third kappa shape index (κ3) is 3.90. The van der Waals surface area contributed by atoms with Crippen LogP contribution in [-0.2, 0) is 11.3 Å². The van der Waals surface area contributed by atoms with Crippen LogP contribution in [0.4, 0.5) is 0 Å². The molecule has 25 heavy (non-hydrogen) atoms. The Morgan fingerprint density at radius 3 is 2.88 bits per heavy atom. The monoisotopic (exact) mass is 341 g/mol. The topological polar surface area (TPSA) is 64.4 Å². The van der Waals surface area contributed by atoms with Crippen molar-refractivity contribution in [3.8, 4) is 17.0 Å². The smallest absolute Gasteiger partial charge is 0.254 e. The Morgan fingerprint density at radius 1 is 1.36 bits per heavy atom. The lowest BCUT2D eigenvalue weighted by Crippen LogP contribution is -2.42. The molecule has 1 aliphatic rings. The summed E-state index contributed by atoms with van der Waals surface area (Å²) in [4.78, 5) is 31.0. The number of carbonyl (C=O) groups is 1. The van der Waals surface area contributed by atoms with Crippen LogP contribution < -0.4 is 10.3 Å². The van der Waals surface area contributed by atoms with Crippen LogP contribution in [0.15, 0.2) is 41.5 Å².